The number of carbonyl (C=O) groups excluding carboxylic acids is 2. The van der Waals surface area contributed by atoms with E-state index in [0.717, 1.165) is 19.3 Å². The third-order valence-electron chi connectivity index (χ3n) is 2.89. The van der Waals surface area contributed by atoms with Gasteiger partial charge < -0.3 is 10.4 Å². The molecule has 2 aliphatic rings. The van der Waals surface area contributed by atoms with Crippen molar-refractivity contribution < 1.29 is 14.7 Å². The molecule has 1 aliphatic heterocycles. The van der Waals surface area contributed by atoms with Gasteiger partial charge in [0.1, 0.15) is 11.3 Å². The fraction of sp³-hybridized carbons (Fsp3) is 0.636. The van der Waals surface area contributed by atoms with E-state index in [1.54, 1.807) is 0 Å². The summed E-state index contributed by atoms with van der Waals surface area (Å²) in [6.45, 7) is 1.97. The van der Waals surface area contributed by atoms with Crippen molar-refractivity contribution in [2.75, 3.05) is 0 Å². The van der Waals surface area contributed by atoms with Crippen molar-refractivity contribution in [3.63, 3.8) is 0 Å². The lowest BCUT2D eigenvalue weighted by molar-refractivity contribution is -0.122. The molecule has 4 heteroatoms. The first-order valence-corrected chi connectivity index (χ1v) is 5.43. The van der Waals surface area contributed by atoms with E-state index in [1.807, 2.05) is 6.92 Å². The normalized spacial score (nSPS) is 25.7. The molecule has 0 spiro atoms. The Morgan fingerprint density at radius 3 is 2.73 bits per heavy atom. The van der Waals surface area contributed by atoms with Crippen molar-refractivity contribution in [2.24, 2.45) is 5.92 Å². The van der Waals surface area contributed by atoms with E-state index in [0.29, 0.717) is 6.42 Å². The summed E-state index contributed by atoms with van der Waals surface area (Å²) < 4.78 is 0. The molecule has 0 bridgehead atoms. The molecule has 1 fully saturated rings. The van der Waals surface area contributed by atoms with Gasteiger partial charge in [0.2, 0.25) is 0 Å². The molecule has 0 radical (unpaired) electrons. The van der Waals surface area contributed by atoms with Gasteiger partial charge in [-0.15, -0.1) is 0 Å². The van der Waals surface area contributed by atoms with E-state index in [-0.39, 0.29) is 29.1 Å². The molecular formula is C11H15NO3. The van der Waals surface area contributed by atoms with Gasteiger partial charge in [-0.2, -0.15) is 0 Å². The number of ketones is 1. The molecule has 1 heterocycles. The minimum Gasteiger partial charge on any atom is -0.509 e. The van der Waals surface area contributed by atoms with Crippen LogP contribution < -0.4 is 5.32 Å². The number of amides is 1. The molecule has 1 aliphatic carbocycles. The van der Waals surface area contributed by atoms with Gasteiger partial charge in [0.25, 0.3) is 5.91 Å². The van der Waals surface area contributed by atoms with Crippen molar-refractivity contribution in [3.8, 4) is 0 Å². The SMILES string of the molecule is CCCC1NC(=O)C(C(=O)C2CC2)=C1O. The summed E-state index contributed by atoms with van der Waals surface area (Å²) in [6, 6.07) is -0.347. The second kappa shape index (κ2) is 3.68. The van der Waals surface area contributed by atoms with Crippen molar-refractivity contribution in [3.05, 3.63) is 11.3 Å². The first-order chi connectivity index (χ1) is 7.15. The van der Waals surface area contributed by atoms with Crippen molar-refractivity contribution in [1.29, 1.82) is 0 Å². The quantitative estimate of drug-likeness (QED) is 0.681. The highest BCUT2D eigenvalue weighted by molar-refractivity contribution is 6.22. The number of hydrogen-bond donors (Lipinski definition) is 2. The first-order valence-electron chi connectivity index (χ1n) is 5.43. The average Bonchev–Trinajstić information content (AvgIpc) is 2.96. The summed E-state index contributed by atoms with van der Waals surface area (Å²) in [5.41, 5.74) is 0.0101. The van der Waals surface area contributed by atoms with Crippen LogP contribution in [0.15, 0.2) is 11.3 Å². The van der Waals surface area contributed by atoms with Gasteiger partial charge in [-0.25, -0.2) is 0 Å². The Morgan fingerprint density at radius 1 is 1.53 bits per heavy atom. The van der Waals surface area contributed by atoms with Crippen LogP contribution in [0.3, 0.4) is 0 Å². The zero-order valence-corrected chi connectivity index (χ0v) is 8.75. The standard InChI is InChI=1S/C11H15NO3/c1-2-3-7-10(14)8(11(15)12-7)9(13)6-4-5-6/h6-7,14H,2-5H2,1H3,(H,12,15). The monoisotopic (exact) mass is 209 g/mol. The molecule has 1 saturated carbocycles. The van der Waals surface area contributed by atoms with Crippen LogP contribution in [-0.2, 0) is 9.59 Å². The number of hydrogen-bond acceptors (Lipinski definition) is 3. The Labute approximate surface area is 88.4 Å². The van der Waals surface area contributed by atoms with Crippen molar-refractivity contribution >= 4 is 11.7 Å². The lowest BCUT2D eigenvalue weighted by Crippen LogP contribution is -2.29. The Bertz CT molecular complexity index is 342. The summed E-state index contributed by atoms with van der Waals surface area (Å²) >= 11 is 0. The Balaban J connectivity index is 2.19. The predicted octanol–water partition coefficient (Wildman–Crippen LogP) is 1.08. The molecule has 1 unspecified atom stereocenters. The summed E-state index contributed by atoms with van der Waals surface area (Å²) in [4.78, 5) is 23.2. The van der Waals surface area contributed by atoms with Crippen LogP contribution in [0.2, 0.25) is 0 Å². The third-order valence-corrected chi connectivity index (χ3v) is 2.89. The number of carbonyl (C=O) groups is 2. The maximum absolute atomic E-state index is 11.7. The van der Waals surface area contributed by atoms with Gasteiger partial charge in [-0.05, 0) is 19.3 Å². The molecule has 1 amide bonds. The van der Waals surface area contributed by atoms with Crippen LogP contribution in [-0.4, -0.2) is 22.8 Å². The highest BCUT2D eigenvalue weighted by atomic mass is 16.3. The molecule has 2 N–H and O–H groups in total. The molecule has 0 aromatic carbocycles. The zero-order chi connectivity index (χ0) is 11.0. The van der Waals surface area contributed by atoms with Crippen LogP contribution in [0, 0.1) is 5.92 Å². The summed E-state index contributed by atoms with van der Waals surface area (Å²) in [5, 5.41) is 12.4. The van der Waals surface area contributed by atoms with Crippen LogP contribution in [0.5, 0.6) is 0 Å². The smallest absolute Gasteiger partial charge is 0.259 e. The van der Waals surface area contributed by atoms with Gasteiger partial charge in [0.15, 0.2) is 5.78 Å². The van der Waals surface area contributed by atoms with Gasteiger partial charge >= 0.3 is 0 Å². The predicted molar refractivity (Wildman–Crippen MR) is 54.2 cm³/mol. The lowest BCUT2D eigenvalue weighted by Gasteiger charge is -2.08. The van der Waals surface area contributed by atoms with Crippen LogP contribution in [0.1, 0.15) is 32.6 Å². The average molecular weight is 209 g/mol. The Kier molecular flexibility index (Phi) is 2.50. The summed E-state index contributed by atoms with van der Waals surface area (Å²) in [6.07, 6.45) is 3.24. The lowest BCUT2D eigenvalue weighted by atomic mass is 10.0. The van der Waals surface area contributed by atoms with E-state index in [1.165, 1.54) is 0 Å². The molecular weight excluding hydrogens is 194 g/mol. The molecule has 15 heavy (non-hydrogen) atoms. The van der Waals surface area contributed by atoms with E-state index in [4.69, 9.17) is 0 Å². The number of Topliss-reactive ketones (excluding diaryl/α,β-unsaturated/α-hetero) is 1. The molecule has 0 aromatic heterocycles. The molecule has 0 saturated heterocycles. The second-order valence-electron chi connectivity index (χ2n) is 4.21. The second-order valence-corrected chi connectivity index (χ2v) is 4.21. The zero-order valence-electron chi connectivity index (χ0n) is 8.75. The number of aliphatic hydroxyl groups excluding tert-OH is 1. The van der Waals surface area contributed by atoms with Crippen molar-refractivity contribution in [1.82, 2.24) is 5.32 Å². The first kappa shape index (κ1) is 10.2. The summed E-state index contributed by atoms with van der Waals surface area (Å²) in [7, 11) is 0. The van der Waals surface area contributed by atoms with Gasteiger partial charge in [0, 0.05) is 5.92 Å². The molecule has 82 valence electrons. The molecule has 2 rings (SSSR count). The third kappa shape index (κ3) is 1.76. The largest absolute Gasteiger partial charge is 0.509 e. The van der Waals surface area contributed by atoms with Gasteiger partial charge in [-0.3, -0.25) is 9.59 Å². The minimum absolute atomic E-state index is 0.0101. The highest BCUT2D eigenvalue weighted by Crippen LogP contribution is 2.34. The molecule has 1 atom stereocenters. The number of nitrogens with one attached hydrogen (secondary N) is 1. The van der Waals surface area contributed by atoms with Gasteiger partial charge in [-0.1, -0.05) is 13.3 Å². The number of aliphatic hydroxyl groups is 1. The fourth-order valence-electron chi connectivity index (χ4n) is 1.87. The fourth-order valence-corrected chi connectivity index (χ4v) is 1.87. The van der Waals surface area contributed by atoms with Crippen molar-refractivity contribution in [2.45, 2.75) is 38.6 Å². The number of rotatable bonds is 4. The van der Waals surface area contributed by atoms with E-state index in [9.17, 15) is 14.7 Å². The van der Waals surface area contributed by atoms with Crippen LogP contribution in [0.4, 0.5) is 0 Å². The highest BCUT2D eigenvalue weighted by Gasteiger charge is 2.41. The maximum atomic E-state index is 11.7. The Morgan fingerprint density at radius 2 is 2.20 bits per heavy atom. The minimum atomic E-state index is -0.400. The molecule has 4 nitrogen and oxygen atoms in total. The van der Waals surface area contributed by atoms with Gasteiger partial charge in [0.05, 0.1) is 6.04 Å². The van der Waals surface area contributed by atoms with Crippen LogP contribution >= 0.6 is 0 Å². The Hall–Kier alpha value is -1.32. The topological polar surface area (TPSA) is 66.4 Å². The van der Waals surface area contributed by atoms with E-state index < -0.39 is 5.91 Å². The maximum Gasteiger partial charge on any atom is 0.259 e. The summed E-state index contributed by atoms with van der Waals surface area (Å²) in [5.74, 6) is -0.640. The van der Waals surface area contributed by atoms with E-state index in [2.05, 4.69) is 5.32 Å². The molecule has 0 aromatic rings. The van der Waals surface area contributed by atoms with E-state index >= 15 is 0 Å². The van der Waals surface area contributed by atoms with Crippen LogP contribution in [0.25, 0.3) is 0 Å².